The summed E-state index contributed by atoms with van der Waals surface area (Å²) in [7, 11) is 0. The first-order valence-corrected chi connectivity index (χ1v) is 14.8. The first kappa shape index (κ1) is 25.7. The smallest absolute Gasteiger partial charge is 0.111 e. The predicted octanol–water partition coefficient (Wildman–Crippen LogP) is 9.77. The fraction of sp³-hybridized carbons (Fsp3) is 0.135. The Hall–Kier alpha value is -4.28. The van der Waals surface area contributed by atoms with Crippen molar-refractivity contribution in [1.82, 2.24) is 4.57 Å². The number of halogens is 1. The lowest BCUT2D eigenvalue weighted by Gasteiger charge is -2.21. The van der Waals surface area contributed by atoms with E-state index in [2.05, 4.69) is 113 Å². The molecule has 0 saturated heterocycles. The molecular formula is C37H30BrN3. The van der Waals surface area contributed by atoms with E-state index in [1.807, 2.05) is 36.4 Å². The van der Waals surface area contributed by atoms with Gasteiger partial charge in [0.15, 0.2) is 0 Å². The SMILES string of the molecule is CC1(C)c2ccccc2-c2cc3c4cc(Br)ccc4n(C(=N)CC(=NCc4ccccc4)c4ccccc4)c3cc21. The Morgan fingerprint density at radius 1 is 0.732 bits per heavy atom. The lowest BCUT2D eigenvalue weighted by Crippen LogP contribution is -2.18. The quantitative estimate of drug-likeness (QED) is 0.152. The zero-order chi connectivity index (χ0) is 28.1. The molecule has 1 heterocycles. The Kier molecular flexibility index (Phi) is 6.24. The summed E-state index contributed by atoms with van der Waals surface area (Å²) < 4.78 is 3.17. The second kappa shape index (κ2) is 9.97. The van der Waals surface area contributed by atoms with Gasteiger partial charge in [0.2, 0.25) is 0 Å². The van der Waals surface area contributed by atoms with Gasteiger partial charge in [0, 0.05) is 32.8 Å². The summed E-state index contributed by atoms with van der Waals surface area (Å²) in [6.45, 7) is 5.20. The maximum absolute atomic E-state index is 9.52. The van der Waals surface area contributed by atoms with Crippen LogP contribution in [0, 0.1) is 5.41 Å². The van der Waals surface area contributed by atoms with E-state index in [1.165, 1.54) is 27.6 Å². The zero-order valence-electron chi connectivity index (χ0n) is 23.2. The normalized spacial score (nSPS) is 13.9. The fourth-order valence-electron chi connectivity index (χ4n) is 6.36. The molecule has 0 spiro atoms. The van der Waals surface area contributed by atoms with Gasteiger partial charge >= 0.3 is 0 Å². The molecule has 0 bridgehead atoms. The number of hydrogen-bond donors (Lipinski definition) is 1. The first-order valence-electron chi connectivity index (χ1n) is 14.0. The molecule has 1 aliphatic carbocycles. The highest BCUT2D eigenvalue weighted by atomic mass is 79.9. The van der Waals surface area contributed by atoms with Crippen molar-refractivity contribution >= 4 is 49.3 Å². The van der Waals surface area contributed by atoms with Crippen molar-refractivity contribution in [2.45, 2.75) is 32.2 Å². The van der Waals surface area contributed by atoms with E-state index in [9.17, 15) is 5.41 Å². The number of benzene rings is 5. The molecule has 0 aliphatic heterocycles. The van der Waals surface area contributed by atoms with Crippen molar-refractivity contribution in [3.8, 4) is 11.1 Å². The van der Waals surface area contributed by atoms with Gasteiger partial charge < -0.3 is 0 Å². The number of aromatic nitrogens is 1. The van der Waals surface area contributed by atoms with Gasteiger partial charge in [-0.25, -0.2) is 0 Å². The number of fused-ring (bicyclic) bond motifs is 6. The lowest BCUT2D eigenvalue weighted by atomic mass is 9.82. The summed E-state index contributed by atoms with van der Waals surface area (Å²) in [6, 6.07) is 40.4. The van der Waals surface area contributed by atoms with E-state index in [0.717, 1.165) is 37.7 Å². The van der Waals surface area contributed by atoms with Crippen LogP contribution < -0.4 is 0 Å². The largest absolute Gasteiger partial charge is 0.297 e. The van der Waals surface area contributed by atoms with E-state index < -0.39 is 0 Å². The molecule has 0 radical (unpaired) electrons. The van der Waals surface area contributed by atoms with Gasteiger partial charge in [-0.15, -0.1) is 0 Å². The van der Waals surface area contributed by atoms with E-state index in [-0.39, 0.29) is 5.41 Å². The van der Waals surface area contributed by atoms with E-state index in [1.54, 1.807) is 0 Å². The Morgan fingerprint density at radius 3 is 2.20 bits per heavy atom. The van der Waals surface area contributed by atoms with E-state index in [4.69, 9.17) is 4.99 Å². The third-order valence-corrected chi connectivity index (χ3v) is 8.93. The third kappa shape index (κ3) is 4.34. The monoisotopic (exact) mass is 595 g/mol. The average molecular weight is 597 g/mol. The summed E-state index contributed by atoms with van der Waals surface area (Å²) in [5.41, 5.74) is 10.4. The molecule has 0 atom stereocenters. The van der Waals surface area contributed by atoms with Crippen LogP contribution in [-0.4, -0.2) is 16.1 Å². The van der Waals surface area contributed by atoms with Crippen molar-refractivity contribution < 1.29 is 0 Å². The van der Waals surface area contributed by atoms with Gasteiger partial charge in [0.25, 0.3) is 0 Å². The molecule has 1 aliphatic rings. The van der Waals surface area contributed by atoms with Gasteiger partial charge in [0.1, 0.15) is 5.84 Å². The van der Waals surface area contributed by atoms with Gasteiger partial charge in [-0.1, -0.05) is 115 Å². The van der Waals surface area contributed by atoms with Crippen LogP contribution in [0.15, 0.2) is 125 Å². The average Bonchev–Trinajstić information content (AvgIpc) is 3.43. The van der Waals surface area contributed by atoms with Gasteiger partial charge in [-0.05, 0) is 63.7 Å². The molecular weight excluding hydrogens is 566 g/mol. The minimum atomic E-state index is -0.115. The molecule has 5 aromatic carbocycles. The molecule has 0 fully saturated rings. The van der Waals surface area contributed by atoms with Crippen molar-refractivity contribution in [2.75, 3.05) is 0 Å². The number of nitrogens with zero attached hydrogens (tertiary/aromatic N) is 2. The van der Waals surface area contributed by atoms with E-state index in [0.29, 0.717) is 18.8 Å². The number of hydrogen-bond acceptors (Lipinski definition) is 2. The summed E-state index contributed by atoms with van der Waals surface area (Å²) >= 11 is 3.70. The van der Waals surface area contributed by atoms with Crippen LogP contribution in [0.3, 0.4) is 0 Å². The molecule has 0 amide bonds. The summed E-state index contributed by atoms with van der Waals surface area (Å²) in [5, 5.41) is 11.8. The second-order valence-corrected chi connectivity index (χ2v) is 12.2. The van der Waals surface area contributed by atoms with Crippen molar-refractivity contribution in [3.05, 3.63) is 142 Å². The molecule has 1 aromatic heterocycles. The molecule has 4 heteroatoms. The second-order valence-electron chi connectivity index (χ2n) is 11.3. The third-order valence-electron chi connectivity index (χ3n) is 8.44. The van der Waals surface area contributed by atoms with Crippen LogP contribution in [0.1, 0.15) is 42.5 Å². The topological polar surface area (TPSA) is 41.1 Å². The van der Waals surface area contributed by atoms with Gasteiger partial charge in [-0.3, -0.25) is 15.0 Å². The molecule has 41 heavy (non-hydrogen) atoms. The molecule has 6 aromatic rings. The highest BCUT2D eigenvalue weighted by Gasteiger charge is 2.36. The van der Waals surface area contributed by atoms with Crippen LogP contribution in [0.5, 0.6) is 0 Å². The highest BCUT2D eigenvalue weighted by molar-refractivity contribution is 9.10. The predicted molar refractivity (Wildman–Crippen MR) is 176 cm³/mol. The molecule has 1 N–H and O–H groups in total. The minimum Gasteiger partial charge on any atom is -0.297 e. The standard InChI is InChI=1S/C37H30BrN3/c1-37(2)31-16-10-9-15-27(31)28-20-30-29-19-26(38)17-18-34(29)41(35(30)21-32(28)37)36(39)22-33(25-13-7-4-8-14-25)40-23-24-11-5-3-6-12-24/h3-21,39H,22-23H2,1-2H3. The maximum Gasteiger partial charge on any atom is 0.111 e. The molecule has 0 saturated carbocycles. The van der Waals surface area contributed by atoms with Crippen molar-refractivity contribution in [3.63, 3.8) is 0 Å². The van der Waals surface area contributed by atoms with Crippen molar-refractivity contribution in [2.24, 2.45) is 4.99 Å². The molecule has 0 unspecified atom stereocenters. The molecule has 7 rings (SSSR count). The van der Waals surface area contributed by atoms with Crippen molar-refractivity contribution in [1.29, 1.82) is 5.41 Å². The van der Waals surface area contributed by atoms with Crippen LogP contribution in [-0.2, 0) is 12.0 Å². The van der Waals surface area contributed by atoms with Crippen LogP contribution in [0.25, 0.3) is 32.9 Å². The van der Waals surface area contributed by atoms with Gasteiger partial charge in [0.05, 0.1) is 17.6 Å². The Bertz CT molecular complexity index is 1980. The molecule has 3 nitrogen and oxygen atoms in total. The van der Waals surface area contributed by atoms with Crippen LogP contribution >= 0.6 is 15.9 Å². The van der Waals surface area contributed by atoms with Gasteiger partial charge in [-0.2, -0.15) is 0 Å². The lowest BCUT2D eigenvalue weighted by molar-refractivity contribution is 0.661. The minimum absolute atomic E-state index is 0.115. The van der Waals surface area contributed by atoms with Crippen LogP contribution in [0.4, 0.5) is 0 Å². The highest BCUT2D eigenvalue weighted by Crippen LogP contribution is 2.50. The van der Waals surface area contributed by atoms with E-state index >= 15 is 0 Å². The summed E-state index contributed by atoms with van der Waals surface area (Å²) in [4.78, 5) is 5.05. The van der Waals surface area contributed by atoms with Crippen LogP contribution in [0.2, 0.25) is 0 Å². The molecule has 200 valence electrons. The fourth-order valence-corrected chi connectivity index (χ4v) is 6.73. The Balaban J connectivity index is 1.39. The number of nitrogens with one attached hydrogen (secondary N) is 1. The Morgan fingerprint density at radius 2 is 1.41 bits per heavy atom. The Labute approximate surface area is 248 Å². The zero-order valence-corrected chi connectivity index (χ0v) is 24.7. The summed E-state index contributed by atoms with van der Waals surface area (Å²) in [5.74, 6) is 0.510. The number of aliphatic imine (C=N–C) groups is 1. The maximum atomic E-state index is 9.52. The first-order chi connectivity index (χ1) is 19.9. The summed E-state index contributed by atoms with van der Waals surface area (Å²) in [6.07, 6.45) is 0.423. The number of rotatable bonds is 5.